The molecule has 0 saturated heterocycles. The number of rotatable bonds is 18. The summed E-state index contributed by atoms with van der Waals surface area (Å²) >= 11 is 0. The highest BCUT2D eigenvalue weighted by atomic mass is 14.1. The van der Waals surface area contributed by atoms with Gasteiger partial charge in [0.25, 0.3) is 0 Å². The molecule has 0 spiro atoms. The summed E-state index contributed by atoms with van der Waals surface area (Å²) in [5.41, 5.74) is 0. The first-order valence-electron chi connectivity index (χ1n) is 11.0. The van der Waals surface area contributed by atoms with E-state index in [1.165, 1.54) is 109 Å². The largest absolute Gasteiger partial charge is 0.0885 e. The monoisotopic (exact) mass is 322 g/mol. The van der Waals surface area contributed by atoms with E-state index in [4.69, 9.17) is 0 Å². The van der Waals surface area contributed by atoms with Gasteiger partial charge in [0, 0.05) is 0 Å². The van der Waals surface area contributed by atoms with E-state index >= 15 is 0 Å². The summed E-state index contributed by atoms with van der Waals surface area (Å²) < 4.78 is 0. The highest BCUT2D eigenvalue weighted by Crippen LogP contribution is 2.22. The van der Waals surface area contributed by atoms with E-state index < -0.39 is 0 Å². The van der Waals surface area contributed by atoms with E-state index in [0.29, 0.717) is 0 Å². The average molecular weight is 323 g/mol. The molecule has 138 valence electrons. The highest BCUT2D eigenvalue weighted by Gasteiger charge is 2.06. The predicted octanol–water partition coefficient (Wildman–Crippen LogP) is 8.85. The van der Waals surface area contributed by atoms with Gasteiger partial charge in [0.15, 0.2) is 0 Å². The van der Waals surface area contributed by atoms with Gasteiger partial charge in [-0.05, 0) is 31.6 Å². The summed E-state index contributed by atoms with van der Waals surface area (Å²) in [6.07, 6.45) is 28.9. The second kappa shape index (κ2) is 19.8. The molecule has 0 aliphatic rings. The van der Waals surface area contributed by atoms with Gasteiger partial charge in [-0.2, -0.15) is 0 Å². The van der Waals surface area contributed by atoms with Crippen LogP contribution in [0.2, 0.25) is 0 Å². The van der Waals surface area contributed by atoms with Crippen LogP contribution < -0.4 is 0 Å². The van der Waals surface area contributed by atoms with Gasteiger partial charge in [0.1, 0.15) is 0 Å². The Labute approximate surface area is 148 Å². The fourth-order valence-corrected chi connectivity index (χ4v) is 3.49. The van der Waals surface area contributed by atoms with E-state index in [9.17, 15) is 0 Å². The number of hydrogen-bond donors (Lipinski definition) is 0. The first kappa shape index (κ1) is 22.7. The van der Waals surface area contributed by atoms with Crippen molar-refractivity contribution in [3.63, 3.8) is 0 Å². The minimum absolute atomic E-state index is 0.986. The molecule has 0 heterocycles. The van der Waals surface area contributed by atoms with Crippen LogP contribution in [0.3, 0.4) is 0 Å². The van der Waals surface area contributed by atoms with Gasteiger partial charge >= 0.3 is 0 Å². The molecule has 0 aromatic rings. The van der Waals surface area contributed by atoms with Crippen molar-refractivity contribution in [1.82, 2.24) is 0 Å². The Morgan fingerprint density at radius 2 is 1.04 bits per heavy atom. The van der Waals surface area contributed by atoms with Crippen molar-refractivity contribution in [3.05, 3.63) is 12.2 Å². The summed E-state index contributed by atoms with van der Waals surface area (Å²) in [7, 11) is 0. The summed E-state index contributed by atoms with van der Waals surface area (Å²) in [5, 5.41) is 0. The van der Waals surface area contributed by atoms with E-state index in [2.05, 4.69) is 32.9 Å². The second-order valence-electron chi connectivity index (χ2n) is 7.46. The normalized spacial score (nSPS) is 13.0. The Balaban J connectivity index is 3.55. The fraction of sp³-hybridized carbons (Fsp3) is 0.913. The molecule has 0 bridgehead atoms. The van der Waals surface area contributed by atoms with Gasteiger partial charge in [-0.3, -0.25) is 0 Å². The molecule has 0 nitrogen and oxygen atoms in total. The second-order valence-corrected chi connectivity index (χ2v) is 7.46. The third-order valence-corrected chi connectivity index (χ3v) is 5.05. The van der Waals surface area contributed by atoms with Gasteiger partial charge in [0.05, 0.1) is 0 Å². The molecule has 0 aromatic carbocycles. The number of hydrogen-bond acceptors (Lipinski definition) is 0. The Bertz CT molecular complexity index is 228. The summed E-state index contributed by atoms with van der Waals surface area (Å²) in [6, 6.07) is 0. The molecule has 0 aliphatic carbocycles. The first-order chi connectivity index (χ1) is 11.3. The summed E-state index contributed by atoms with van der Waals surface area (Å²) in [4.78, 5) is 0. The zero-order chi connectivity index (χ0) is 17.0. The van der Waals surface area contributed by atoms with Gasteiger partial charge < -0.3 is 0 Å². The van der Waals surface area contributed by atoms with Gasteiger partial charge in [-0.25, -0.2) is 0 Å². The molecular weight excluding hydrogens is 276 g/mol. The minimum Gasteiger partial charge on any atom is -0.0885 e. The first-order valence-corrected chi connectivity index (χ1v) is 11.0. The van der Waals surface area contributed by atoms with Crippen molar-refractivity contribution in [2.45, 2.75) is 130 Å². The van der Waals surface area contributed by atoms with E-state index in [-0.39, 0.29) is 0 Å². The van der Waals surface area contributed by atoms with Crippen LogP contribution in [0.5, 0.6) is 0 Å². The van der Waals surface area contributed by atoms with Crippen LogP contribution in [0.4, 0.5) is 0 Å². The molecule has 0 aliphatic heterocycles. The molecule has 0 rings (SSSR count). The minimum atomic E-state index is 0.986. The SMILES string of the molecule is CCCCCCC=CCCC(CCC)CCCCCCCCC. The lowest BCUT2D eigenvalue weighted by Gasteiger charge is -2.15. The van der Waals surface area contributed by atoms with Crippen LogP contribution >= 0.6 is 0 Å². The molecule has 0 heteroatoms. The molecule has 1 atom stereocenters. The Kier molecular flexibility index (Phi) is 19.6. The van der Waals surface area contributed by atoms with Crippen molar-refractivity contribution in [3.8, 4) is 0 Å². The Morgan fingerprint density at radius 3 is 1.70 bits per heavy atom. The van der Waals surface area contributed by atoms with Gasteiger partial charge in [-0.15, -0.1) is 0 Å². The average Bonchev–Trinajstić information content (AvgIpc) is 2.56. The molecule has 0 radical (unpaired) electrons. The van der Waals surface area contributed by atoms with Gasteiger partial charge in [0.2, 0.25) is 0 Å². The Hall–Kier alpha value is -0.260. The van der Waals surface area contributed by atoms with Crippen molar-refractivity contribution < 1.29 is 0 Å². The summed E-state index contributed by atoms with van der Waals surface area (Å²) in [6.45, 7) is 6.94. The standard InChI is InChI=1S/C23H46/c1-4-7-9-11-13-15-17-19-22-23(20-6-3)21-18-16-14-12-10-8-5-2/h15,17,23H,4-14,16,18-22H2,1-3H3. The maximum atomic E-state index is 2.46. The zero-order valence-corrected chi connectivity index (χ0v) is 16.8. The van der Waals surface area contributed by atoms with Crippen LogP contribution in [0, 0.1) is 5.92 Å². The van der Waals surface area contributed by atoms with Crippen LogP contribution in [0.25, 0.3) is 0 Å². The molecule has 0 fully saturated rings. The van der Waals surface area contributed by atoms with Crippen LogP contribution in [-0.4, -0.2) is 0 Å². The third kappa shape index (κ3) is 17.9. The molecule has 0 aromatic heterocycles. The Morgan fingerprint density at radius 1 is 0.478 bits per heavy atom. The van der Waals surface area contributed by atoms with E-state index in [0.717, 1.165) is 5.92 Å². The molecule has 0 amide bonds. The molecular formula is C23H46. The maximum absolute atomic E-state index is 2.46. The van der Waals surface area contributed by atoms with Crippen LogP contribution in [0.15, 0.2) is 12.2 Å². The molecule has 0 N–H and O–H groups in total. The van der Waals surface area contributed by atoms with Crippen molar-refractivity contribution in [2.75, 3.05) is 0 Å². The molecule has 1 unspecified atom stereocenters. The van der Waals surface area contributed by atoms with Crippen LogP contribution in [0.1, 0.15) is 130 Å². The third-order valence-electron chi connectivity index (χ3n) is 5.05. The molecule has 0 saturated carbocycles. The van der Waals surface area contributed by atoms with Crippen molar-refractivity contribution >= 4 is 0 Å². The topological polar surface area (TPSA) is 0 Å². The smallest absolute Gasteiger partial charge is 0.0348 e. The van der Waals surface area contributed by atoms with Gasteiger partial charge in [-0.1, -0.05) is 116 Å². The maximum Gasteiger partial charge on any atom is -0.0348 e. The van der Waals surface area contributed by atoms with Crippen molar-refractivity contribution in [2.24, 2.45) is 5.92 Å². The zero-order valence-electron chi connectivity index (χ0n) is 16.8. The lowest BCUT2D eigenvalue weighted by molar-refractivity contribution is 0.396. The van der Waals surface area contributed by atoms with E-state index in [1.807, 2.05) is 0 Å². The molecule has 23 heavy (non-hydrogen) atoms. The van der Waals surface area contributed by atoms with E-state index in [1.54, 1.807) is 0 Å². The fourth-order valence-electron chi connectivity index (χ4n) is 3.49. The summed E-state index contributed by atoms with van der Waals surface area (Å²) in [5.74, 6) is 0.986. The van der Waals surface area contributed by atoms with Crippen molar-refractivity contribution in [1.29, 1.82) is 0 Å². The lowest BCUT2D eigenvalue weighted by Crippen LogP contribution is -2.00. The lowest BCUT2D eigenvalue weighted by atomic mass is 9.91. The predicted molar refractivity (Wildman–Crippen MR) is 108 cm³/mol. The highest BCUT2D eigenvalue weighted by molar-refractivity contribution is 4.82. The number of allylic oxidation sites excluding steroid dienone is 2. The quantitative estimate of drug-likeness (QED) is 0.174. The van der Waals surface area contributed by atoms with Crippen LogP contribution in [-0.2, 0) is 0 Å². The number of unbranched alkanes of at least 4 members (excludes halogenated alkanes) is 10.